The van der Waals surface area contributed by atoms with Gasteiger partial charge in [0.1, 0.15) is 11.5 Å². The summed E-state index contributed by atoms with van der Waals surface area (Å²) in [4.78, 5) is 12.3. The molecule has 3 heteroatoms. The number of carbonyl (C=O) groups excluding carboxylic acids is 1. The van der Waals surface area contributed by atoms with Crippen LogP contribution in [-0.2, 0) is 0 Å². The van der Waals surface area contributed by atoms with Crippen LogP contribution in [0.15, 0.2) is 54.6 Å². The first kappa shape index (κ1) is 12.9. The van der Waals surface area contributed by atoms with E-state index in [0.29, 0.717) is 12.1 Å². The summed E-state index contributed by atoms with van der Waals surface area (Å²) in [5.74, 6) is 1.67. The van der Waals surface area contributed by atoms with Crippen LogP contribution >= 0.6 is 0 Å². The van der Waals surface area contributed by atoms with Gasteiger partial charge in [-0.1, -0.05) is 18.2 Å². The number of hydrogen-bond donors (Lipinski definition) is 1. The Bertz CT molecular complexity index is 601. The van der Waals surface area contributed by atoms with Gasteiger partial charge < -0.3 is 10.5 Å². The lowest BCUT2D eigenvalue weighted by Gasteiger charge is -2.11. The van der Waals surface area contributed by atoms with Crippen LogP contribution in [0.25, 0.3) is 0 Å². The number of hydrogen-bond acceptors (Lipinski definition) is 3. The van der Waals surface area contributed by atoms with E-state index >= 15 is 0 Å². The number of ketones is 1. The molecule has 3 nitrogen and oxygen atoms in total. The van der Waals surface area contributed by atoms with E-state index in [1.165, 1.54) is 0 Å². The molecule has 1 saturated carbocycles. The number of nitrogens with two attached hydrogens (primary N) is 1. The van der Waals surface area contributed by atoms with Gasteiger partial charge in [-0.25, -0.2) is 0 Å². The molecule has 0 unspecified atom stereocenters. The lowest BCUT2D eigenvalue weighted by atomic mass is 9.95. The third kappa shape index (κ3) is 2.45. The Morgan fingerprint density at radius 3 is 2.15 bits per heavy atom. The van der Waals surface area contributed by atoms with Crippen molar-refractivity contribution in [3.63, 3.8) is 0 Å². The molecule has 0 heterocycles. The zero-order chi connectivity index (χ0) is 14.0. The first-order valence-corrected chi connectivity index (χ1v) is 6.81. The lowest BCUT2D eigenvalue weighted by molar-refractivity contribution is 0.0905. The van der Waals surface area contributed by atoms with Crippen molar-refractivity contribution < 1.29 is 9.53 Å². The third-order valence-electron chi connectivity index (χ3n) is 3.82. The van der Waals surface area contributed by atoms with Gasteiger partial charge in [0.15, 0.2) is 5.78 Å². The van der Waals surface area contributed by atoms with Gasteiger partial charge in [-0.15, -0.1) is 0 Å². The second-order valence-electron chi connectivity index (χ2n) is 5.25. The number of rotatable bonds is 5. The van der Waals surface area contributed by atoms with E-state index in [9.17, 15) is 4.79 Å². The maximum atomic E-state index is 12.3. The van der Waals surface area contributed by atoms with Crippen LogP contribution in [0.1, 0.15) is 23.2 Å². The van der Waals surface area contributed by atoms with Gasteiger partial charge in [0.05, 0.1) is 0 Å². The molecule has 0 amide bonds. The highest BCUT2D eigenvalue weighted by molar-refractivity contribution is 6.02. The summed E-state index contributed by atoms with van der Waals surface area (Å²) in [5.41, 5.74) is 6.12. The third-order valence-corrected chi connectivity index (χ3v) is 3.82. The van der Waals surface area contributed by atoms with Crippen molar-refractivity contribution in [2.45, 2.75) is 12.8 Å². The molecule has 0 radical (unpaired) electrons. The van der Waals surface area contributed by atoms with Crippen molar-refractivity contribution in [1.29, 1.82) is 0 Å². The fraction of sp³-hybridized carbons (Fsp3) is 0.235. The Labute approximate surface area is 118 Å². The molecule has 102 valence electrons. The van der Waals surface area contributed by atoms with Crippen molar-refractivity contribution >= 4 is 5.78 Å². The molecule has 0 aromatic heterocycles. The van der Waals surface area contributed by atoms with Crippen molar-refractivity contribution in [3.8, 4) is 11.5 Å². The molecule has 0 spiro atoms. The summed E-state index contributed by atoms with van der Waals surface area (Å²) in [6.07, 6.45) is 1.81. The van der Waals surface area contributed by atoms with E-state index in [2.05, 4.69) is 0 Å². The van der Waals surface area contributed by atoms with Crippen LogP contribution in [0, 0.1) is 5.41 Å². The Balaban J connectivity index is 1.73. The highest BCUT2D eigenvalue weighted by Gasteiger charge is 2.48. The Hall–Kier alpha value is -2.13. The van der Waals surface area contributed by atoms with Gasteiger partial charge in [-0.2, -0.15) is 0 Å². The molecule has 1 aliphatic carbocycles. The molecule has 3 rings (SSSR count). The topological polar surface area (TPSA) is 52.3 Å². The lowest BCUT2D eigenvalue weighted by Crippen LogP contribution is -2.25. The standard InChI is InChI=1S/C17H17NO2/c18-12-17(10-11-17)16(19)13-6-8-15(9-7-13)20-14-4-2-1-3-5-14/h1-9H,10-12,18H2. The number of para-hydroxylation sites is 1. The van der Waals surface area contributed by atoms with E-state index < -0.39 is 0 Å². The second-order valence-corrected chi connectivity index (χ2v) is 5.25. The first-order chi connectivity index (χ1) is 9.73. The molecule has 20 heavy (non-hydrogen) atoms. The SMILES string of the molecule is NCC1(C(=O)c2ccc(Oc3ccccc3)cc2)CC1. The average Bonchev–Trinajstić information content (AvgIpc) is 3.30. The van der Waals surface area contributed by atoms with E-state index in [1.54, 1.807) is 0 Å². The Morgan fingerprint density at radius 1 is 1.00 bits per heavy atom. The molecular weight excluding hydrogens is 250 g/mol. The molecule has 2 aromatic carbocycles. The second kappa shape index (κ2) is 5.10. The molecule has 1 fully saturated rings. The summed E-state index contributed by atoms with van der Waals surface area (Å²) < 4.78 is 5.70. The molecule has 2 aromatic rings. The fourth-order valence-corrected chi connectivity index (χ4v) is 2.28. The summed E-state index contributed by atoms with van der Waals surface area (Å²) in [6, 6.07) is 16.9. The minimum Gasteiger partial charge on any atom is -0.457 e. The maximum Gasteiger partial charge on any atom is 0.170 e. The van der Waals surface area contributed by atoms with Crippen LogP contribution in [0.5, 0.6) is 11.5 Å². The van der Waals surface area contributed by atoms with E-state index in [-0.39, 0.29) is 11.2 Å². The smallest absolute Gasteiger partial charge is 0.170 e. The normalized spacial score (nSPS) is 15.7. The number of Topliss-reactive ketones (excluding diaryl/α,β-unsaturated/α-hetero) is 1. The summed E-state index contributed by atoms with van der Waals surface area (Å²) in [5, 5.41) is 0. The predicted octanol–water partition coefficient (Wildman–Crippen LogP) is 3.40. The first-order valence-electron chi connectivity index (χ1n) is 6.81. The van der Waals surface area contributed by atoms with Crippen molar-refractivity contribution in [2.75, 3.05) is 6.54 Å². The molecule has 0 saturated heterocycles. The monoisotopic (exact) mass is 267 g/mol. The largest absolute Gasteiger partial charge is 0.457 e. The van der Waals surface area contributed by atoms with E-state index in [4.69, 9.17) is 10.5 Å². The van der Waals surface area contributed by atoms with Crippen LogP contribution in [0.3, 0.4) is 0 Å². The number of ether oxygens (including phenoxy) is 1. The average molecular weight is 267 g/mol. The van der Waals surface area contributed by atoms with Gasteiger partial charge in [0.25, 0.3) is 0 Å². The summed E-state index contributed by atoms with van der Waals surface area (Å²) in [7, 11) is 0. The summed E-state index contributed by atoms with van der Waals surface area (Å²) in [6.45, 7) is 0.439. The number of carbonyl (C=O) groups is 1. The molecule has 0 aliphatic heterocycles. The van der Waals surface area contributed by atoms with Crippen LogP contribution in [0.4, 0.5) is 0 Å². The van der Waals surface area contributed by atoms with Crippen LogP contribution in [-0.4, -0.2) is 12.3 Å². The minimum atomic E-state index is -0.290. The maximum absolute atomic E-state index is 12.3. The Kier molecular flexibility index (Phi) is 3.28. The Morgan fingerprint density at radius 2 is 1.60 bits per heavy atom. The van der Waals surface area contributed by atoms with Crippen LogP contribution in [0.2, 0.25) is 0 Å². The fourth-order valence-electron chi connectivity index (χ4n) is 2.28. The predicted molar refractivity (Wildman–Crippen MR) is 78.0 cm³/mol. The van der Waals surface area contributed by atoms with Gasteiger partial charge in [0, 0.05) is 17.5 Å². The summed E-state index contributed by atoms with van der Waals surface area (Å²) >= 11 is 0. The van der Waals surface area contributed by atoms with Crippen LogP contribution < -0.4 is 10.5 Å². The highest BCUT2D eigenvalue weighted by atomic mass is 16.5. The zero-order valence-electron chi connectivity index (χ0n) is 11.2. The van der Waals surface area contributed by atoms with E-state index in [0.717, 1.165) is 24.3 Å². The van der Waals surface area contributed by atoms with Crippen molar-refractivity contribution in [2.24, 2.45) is 11.1 Å². The minimum absolute atomic E-state index is 0.159. The van der Waals surface area contributed by atoms with Crippen molar-refractivity contribution in [1.82, 2.24) is 0 Å². The molecule has 0 atom stereocenters. The highest BCUT2D eigenvalue weighted by Crippen LogP contribution is 2.47. The van der Waals surface area contributed by atoms with Gasteiger partial charge in [-0.05, 0) is 49.2 Å². The van der Waals surface area contributed by atoms with Crippen molar-refractivity contribution in [3.05, 3.63) is 60.2 Å². The zero-order valence-corrected chi connectivity index (χ0v) is 11.2. The molecule has 1 aliphatic rings. The molecule has 0 bridgehead atoms. The quantitative estimate of drug-likeness (QED) is 0.845. The van der Waals surface area contributed by atoms with Gasteiger partial charge in [0.2, 0.25) is 0 Å². The van der Waals surface area contributed by atoms with Gasteiger partial charge in [-0.3, -0.25) is 4.79 Å². The molecular formula is C17H17NO2. The number of benzene rings is 2. The van der Waals surface area contributed by atoms with E-state index in [1.807, 2.05) is 54.6 Å². The molecule has 2 N–H and O–H groups in total. The van der Waals surface area contributed by atoms with Gasteiger partial charge >= 0.3 is 0 Å².